The maximum Gasteiger partial charge on any atom is 0.133 e. The Morgan fingerprint density at radius 3 is 2.67 bits per heavy atom. The van der Waals surface area contributed by atoms with E-state index in [9.17, 15) is 0 Å². The predicted molar refractivity (Wildman–Crippen MR) is 62.6 cm³/mol. The van der Waals surface area contributed by atoms with Crippen LogP contribution in [0.25, 0.3) is 33.1 Å². The van der Waals surface area contributed by atoms with Crippen molar-refractivity contribution >= 4 is 21.8 Å². The van der Waals surface area contributed by atoms with E-state index < -0.39 is 0 Å². The van der Waals surface area contributed by atoms with Crippen LogP contribution in [-0.4, -0.2) is 20.3 Å². The van der Waals surface area contributed by atoms with E-state index in [1.165, 1.54) is 0 Å². The lowest BCUT2D eigenvalue weighted by atomic mass is 10.1. The summed E-state index contributed by atoms with van der Waals surface area (Å²) in [4.78, 5) is 8.51. The molecule has 0 aliphatic heterocycles. The molecule has 4 heterocycles. The van der Waals surface area contributed by atoms with Gasteiger partial charge < -0.3 is 9.05 Å². The second-order valence-corrected chi connectivity index (χ2v) is 3.84. The van der Waals surface area contributed by atoms with Crippen LogP contribution in [-0.2, 0) is 0 Å². The minimum atomic E-state index is 0.697. The second kappa shape index (κ2) is 3.36. The van der Waals surface area contributed by atoms with Crippen molar-refractivity contribution in [2.45, 2.75) is 0 Å². The monoisotopic (exact) mass is 238 g/mol. The van der Waals surface area contributed by atoms with Crippen LogP contribution in [0.2, 0.25) is 0 Å². The molecule has 6 heteroatoms. The third-order valence-corrected chi connectivity index (χ3v) is 2.83. The van der Waals surface area contributed by atoms with E-state index in [2.05, 4.69) is 20.3 Å². The Bertz CT molecular complexity index is 777. The highest BCUT2D eigenvalue weighted by molar-refractivity contribution is 6.00. The molecule has 4 rings (SSSR count). The number of pyridine rings is 2. The van der Waals surface area contributed by atoms with Crippen molar-refractivity contribution in [2.24, 2.45) is 0 Å². The molecule has 4 aromatic heterocycles. The number of hydrogen-bond acceptors (Lipinski definition) is 6. The summed E-state index contributed by atoms with van der Waals surface area (Å²) in [5.74, 6) is 0. The molecular formula is C12H6N4O2. The van der Waals surface area contributed by atoms with Gasteiger partial charge in [0, 0.05) is 18.0 Å². The normalized spacial score (nSPS) is 11.3. The Morgan fingerprint density at radius 1 is 0.889 bits per heavy atom. The first kappa shape index (κ1) is 9.29. The molecule has 0 aliphatic carbocycles. The van der Waals surface area contributed by atoms with Crippen LogP contribution < -0.4 is 0 Å². The topological polar surface area (TPSA) is 77.8 Å². The van der Waals surface area contributed by atoms with Crippen molar-refractivity contribution in [3.63, 3.8) is 0 Å². The minimum absolute atomic E-state index is 0.697. The van der Waals surface area contributed by atoms with E-state index in [4.69, 9.17) is 9.05 Å². The van der Waals surface area contributed by atoms with Crippen LogP contribution in [0.3, 0.4) is 0 Å². The summed E-state index contributed by atoms with van der Waals surface area (Å²) in [6, 6.07) is 1.80. The van der Waals surface area contributed by atoms with Crippen molar-refractivity contribution in [3.05, 3.63) is 37.2 Å². The summed E-state index contributed by atoms with van der Waals surface area (Å²) >= 11 is 0. The lowest BCUT2D eigenvalue weighted by molar-refractivity contribution is 0.428. The van der Waals surface area contributed by atoms with E-state index in [1.54, 1.807) is 37.2 Å². The van der Waals surface area contributed by atoms with Crippen LogP contribution in [0.15, 0.2) is 46.2 Å². The van der Waals surface area contributed by atoms with Crippen LogP contribution in [0.4, 0.5) is 0 Å². The highest BCUT2D eigenvalue weighted by atomic mass is 16.5. The first-order valence-corrected chi connectivity index (χ1v) is 5.31. The highest BCUT2D eigenvalue weighted by Crippen LogP contribution is 2.30. The SMILES string of the molecule is c1cc2nocc2c(-c2cncc3nocc23)n1. The number of rotatable bonds is 1. The highest BCUT2D eigenvalue weighted by Gasteiger charge is 2.13. The Morgan fingerprint density at radius 2 is 1.72 bits per heavy atom. The van der Waals surface area contributed by atoms with E-state index in [0.717, 1.165) is 27.5 Å². The molecule has 0 atom stereocenters. The van der Waals surface area contributed by atoms with Gasteiger partial charge in [0.15, 0.2) is 0 Å². The van der Waals surface area contributed by atoms with Gasteiger partial charge in [0.1, 0.15) is 23.6 Å². The van der Waals surface area contributed by atoms with Gasteiger partial charge >= 0.3 is 0 Å². The van der Waals surface area contributed by atoms with Crippen molar-refractivity contribution < 1.29 is 9.05 Å². The molecule has 0 saturated carbocycles. The van der Waals surface area contributed by atoms with Crippen molar-refractivity contribution in [2.75, 3.05) is 0 Å². The van der Waals surface area contributed by atoms with Crippen LogP contribution in [0.1, 0.15) is 0 Å². The average molecular weight is 238 g/mol. The van der Waals surface area contributed by atoms with Gasteiger partial charge in [-0.05, 0) is 6.07 Å². The first-order chi connectivity index (χ1) is 8.93. The first-order valence-electron chi connectivity index (χ1n) is 5.31. The Kier molecular flexibility index (Phi) is 1.74. The van der Waals surface area contributed by atoms with E-state index in [-0.39, 0.29) is 0 Å². The molecule has 18 heavy (non-hydrogen) atoms. The lowest BCUT2D eigenvalue weighted by Gasteiger charge is -2.01. The maximum atomic E-state index is 4.97. The minimum Gasteiger partial charge on any atom is -0.363 e. The standard InChI is InChI=1S/C12H6N4O2/c1-2-14-12(9-6-18-15-10(1)9)7-3-13-4-11-8(7)5-17-16-11/h1-6H. The van der Waals surface area contributed by atoms with Gasteiger partial charge in [-0.15, -0.1) is 0 Å². The number of fused-ring (bicyclic) bond motifs is 2. The molecule has 4 aromatic rings. The zero-order valence-electron chi connectivity index (χ0n) is 9.07. The van der Waals surface area contributed by atoms with Crippen molar-refractivity contribution in [1.82, 2.24) is 20.3 Å². The van der Waals surface area contributed by atoms with E-state index in [1.807, 2.05) is 0 Å². The summed E-state index contributed by atoms with van der Waals surface area (Å²) in [5, 5.41) is 9.47. The Labute approximate surface area is 100 Å². The molecule has 0 aliphatic rings. The van der Waals surface area contributed by atoms with Gasteiger partial charge in [0.2, 0.25) is 0 Å². The molecule has 6 nitrogen and oxygen atoms in total. The molecule has 0 N–H and O–H groups in total. The van der Waals surface area contributed by atoms with Crippen LogP contribution >= 0.6 is 0 Å². The zero-order chi connectivity index (χ0) is 11.9. The molecule has 0 spiro atoms. The van der Waals surface area contributed by atoms with Gasteiger partial charge in [-0.3, -0.25) is 9.97 Å². The van der Waals surface area contributed by atoms with Crippen molar-refractivity contribution in [1.29, 1.82) is 0 Å². The third kappa shape index (κ3) is 1.17. The zero-order valence-corrected chi connectivity index (χ0v) is 9.07. The molecule has 0 saturated heterocycles. The predicted octanol–water partition coefficient (Wildman–Crippen LogP) is 2.43. The summed E-state index contributed by atoms with van der Waals surface area (Å²) < 4.78 is 9.93. The van der Waals surface area contributed by atoms with Crippen LogP contribution in [0.5, 0.6) is 0 Å². The van der Waals surface area contributed by atoms with Crippen molar-refractivity contribution in [3.8, 4) is 11.3 Å². The van der Waals surface area contributed by atoms with Gasteiger partial charge in [0.25, 0.3) is 0 Å². The summed E-state index contributed by atoms with van der Waals surface area (Å²) in [6.45, 7) is 0. The summed E-state index contributed by atoms with van der Waals surface area (Å²) in [5.41, 5.74) is 3.06. The smallest absolute Gasteiger partial charge is 0.133 e. The number of hydrogen-bond donors (Lipinski definition) is 0. The molecular weight excluding hydrogens is 232 g/mol. The Hall–Kier alpha value is -2.76. The number of nitrogens with zero attached hydrogens (tertiary/aromatic N) is 4. The fourth-order valence-electron chi connectivity index (χ4n) is 1.99. The summed E-state index contributed by atoms with van der Waals surface area (Å²) in [6.07, 6.45) is 8.22. The number of aromatic nitrogens is 4. The van der Waals surface area contributed by atoms with Gasteiger partial charge in [-0.2, -0.15) is 0 Å². The Balaban J connectivity index is 2.13. The molecule has 0 amide bonds. The van der Waals surface area contributed by atoms with Gasteiger partial charge in [-0.25, -0.2) is 0 Å². The molecule has 86 valence electrons. The quantitative estimate of drug-likeness (QED) is 0.506. The molecule has 0 aromatic carbocycles. The fraction of sp³-hybridized carbons (Fsp3) is 0. The average Bonchev–Trinajstić information content (AvgIpc) is 3.06. The van der Waals surface area contributed by atoms with Gasteiger partial charge in [0.05, 0.1) is 22.7 Å². The van der Waals surface area contributed by atoms with Crippen LogP contribution in [0, 0.1) is 0 Å². The van der Waals surface area contributed by atoms with E-state index in [0.29, 0.717) is 5.52 Å². The fourth-order valence-corrected chi connectivity index (χ4v) is 1.99. The van der Waals surface area contributed by atoms with Gasteiger partial charge in [-0.1, -0.05) is 10.3 Å². The second-order valence-electron chi connectivity index (χ2n) is 3.84. The molecule has 0 unspecified atom stereocenters. The largest absolute Gasteiger partial charge is 0.363 e. The van der Waals surface area contributed by atoms with E-state index >= 15 is 0 Å². The maximum absolute atomic E-state index is 4.97. The molecule has 0 radical (unpaired) electrons. The molecule has 0 fully saturated rings. The third-order valence-electron chi connectivity index (χ3n) is 2.83. The summed E-state index contributed by atoms with van der Waals surface area (Å²) in [7, 11) is 0. The molecule has 0 bridgehead atoms. The lowest BCUT2D eigenvalue weighted by Crippen LogP contribution is -1.86.